The Morgan fingerprint density at radius 2 is 2.26 bits per heavy atom. The van der Waals surface area contributed by atoms with E-state index in [-0.39, 0.29) is 5.92 Å². The topological polar surface area (TPSA) is 47.4 Å². The first-order chi connectivity index (χ1) is 10.9. The average Bonchev–Trinajstić information content (AvgIpc) is 2.98. The molecular formula is C15H22F3N3O2. The van der Waals surface area contributed by atoms with Gasteiger partial charge in [0.15, 0.2) is 0 Å². The van der Waals surface area contributed by atoms with Crippen LogP contribution in [0.15, 0.2) is 12.4 Å². The molecule has 0 aliphatic carbocycles. The van der Waals surface area contributed by atoms with Crippen molar-refractivity contribution in [1.82, 2.24) is 14.5 Å². The van der Waals surface area contributed by atoms with E-state index in [1.54, 1.807) is 13.3 Å². The summed E-state index contributed by atoms with van der Waals surface area (Å²) in [5.41, 5.74) is 0. The van der Waals surface area contributed by atoms with Gasteiger partial charge in [0.25, 0.3) is 0 Å². The molecule has 1 atom stereocenters. The van der Waals surface area contributed by atoms with E-state index in [9.17, 15) is 18.0 Å². The molecule has 1 aromatic rings. The molecule has 0 spiro atoms. The van der Waals surface area contributed by atoms with Crippen LogP contribution in [0.2, 0.25) is 0 Å². The summed E-state index contributed by atoms with van der Waals surface area (Å²) in [6.45, 7) is 2.18. The first-order valence-corrected chi connectivity index (χ1v) is 7.75. The van der Waals surface area contributed by atoms with Crippen molar-refractivity contribution in [1.29, 1.82) is 0 Å². The van der Waals surface area contributed by atoms with Crippen LogP contribution in [-0.4, -0.2) is 53.3 Å². The SMILES string of the molecule is COCCn1ccnc1[C@@H]1CCCN(C(=O)CCC(F)(F)F)C1. The number of carbonyl (C=O) groups excluding carboxylic acids is 1. The second kappa shape index (κ2) is 7.81. The number of hydrogen-bond acceptors (Lipinski definition) is 3. The molecule has 2 rings (SSSR count). The lowest BCUT2D eigenvalue weighted by Gasteiger charge is -2.33. The third-order valence-corrected chi connectivity index (χ3v) is 4.05. The van der Waals surface area contributed by atoms with Crippen LogP contribution in [0.3, 0.4) is 0 Å². The van der Waals surface area contributed by atoms with E-state index in [0.717, 1.165) is 18.7 Å². The third kappa shape index (κ3) is 5.23. The number of imidazole rings is 1. The van der Waals surface area contributed by atoms with E-state index in [4.69, 9.17) is 4.74 Å². The first-order valence-electron chi connectivity index (χ1n) is 7.75. The molecule has 1 amide bonds. The normalized spacial score (nSPS) is 19.1. The molecule has 130 valence electrons. The van der Waals surface area contributed by atoms with Crippen molar-refractivity contribution < 1.29 is 22.7 Å². The number of carbonyl (C=O) groups is 1. The maximum atomic E-state index is 12.3. The Balaban J connectivity index is 1.95. The van der Waals surface area contributed by atoms with Crippen LogP contribution in [0.5, 0.6) is 0 Å². The molecule has 0 saturated carbocycles. The fourth-order valence-electron chi connectivity index (χ4n) is 2.88. The Kier molecular flexibility index (Phi) is 6.04. The summed E-state index contributed by atoms with van der Waals surface area (Å²) in [5.74, 6) is 0.503. The molecule has 2 heterocycles. The minimum absolute atomic E-state index is 0.0606. The number of likely N-dealkylation sites (tertiary alicyclic amines) is 1. The monoisotopic (exact) mass is 333 g/mol. The number of aromatic nitrogens is 2. The molecule has 1 fully saturated rings. The number of hydrogen-bond donors (Lipinski definition) is 0. The zero-order chi connectivity index (χ0) is 16.9. The largest absolute Gasteiger partial charge is 0.389 e. The minimum atomic E-state index is -4.29. The highest BCUT2D eigenvalue weighted by Crippen LogP contribution is 2.27. The Hall–Kier alpha value is -1.57. The van der Waals surface area contributed by atoms with Crippen LogP contribution >= 0.6 is 0 Å². The smallest absolute Gasteiger partial charge is 0.383 e. The predicted octanol–water partition coefficient (Wildman–Crippen LogP) is 2.58. The molecular weight excluding hydrogens is 311 g/mol. The summed E-state index contributed by atoms with van der Waals surface area (Å²) in [7, 11) is 1.62. The summed E-state index contributed by atoms with van der Waals surface area (Å²) in [6, 6.07) is 0. The molecule has 0 aromatic carbocycles. The second-order valence-electron chi connectivity index (χ2n) is 5.77. The van der Waals surface area contributed by atoms with Crippen molar-refractivity contribution in [3.8, 4) is 0 Å². The zero-order valence-electron chi connectivity index (χ0n) is 13.2. The molecule has 0 N–H and O–H groups in total. The van der Waals surface area contributed by atoms with Gasteiger partial charge < -0.3 is 14.2 Å². The van der Waals surface area contributed by atoms with Gasteiger partial charge >= 0.3 is 6.18 Å². The third-order valence-electron chi connectivity index (χ3n) is 4.05. The Morgan fingerprint density at radius 1 is 1.48 bits per heavy atom. The van der Waals surface area contributed by atoms with Gasteiger partial charge in [-0.1, -0.05) is 0 Å². The molecule has 23 heavy (non-hydrogen) atoms. The van der Waals surface area contributed by atoms with Gasteiger partial charge in [-0.15, -0.1) is 0 Å². The van der Waals surface area contributed by atoms with E-state index in [2.05, 4.69) is 4.98 Å². The Labute approximate surface area is 133 Å². The van der Waals surface area contributed by atoms with Crippen LogP contribution in [0.4, 0.5) is 13.2 Å². The maximum Gasteiger partial charge on any atom is 0.389 e. The number of methoxy groups -OCH3 is 1. The van der Waals surface area contributed by atoms with Gasteiger partial charge in [0, 0.05) is 51.5 Å². The van der Waals surface area contributed by atoms with Gasteiger partial charge in [-0.05, 0) is 12.8 Å². The minimum Gasteiger partial charge on any atom is -0.383 e. The van der Waals surface area contributed by atoms with Gasteiger partial charge in [-0.2, -0.15) is 13.2 Å². The molecule has 1 saturated heterocycles. The molecule has 5 nitrogen and oxygen atoms in total. The van der Waals surface area contributed by atoms with Crippen LogP contribution < -0.4 is 0 Å². The standard InChI is InChI=1S/C15H22F3N3O2/c1-23-10-9-20-8-6-19-14(20)12-3-2-7-21(11-12)13(22)4-5-15(16,17)18/h6,8,12H,2-5,7,9-11H2,1H3/t12-/m1/s1. The molecule has 0 unspecified atom stereocenters. The van der Waals surface area contributed by atoms with Gasteiger partial charge in [0.2, 0.25) is 5.91 Å². The summed E-state index contributed by atoms with van der Waals surface area (Å²) < 4.78 is 43.8. The van der Waals surface area contributed by atoms with E-state index in [1.807, 2.05) is 10.8 Å². The fraction of sp³-hybridized carbons (Fsp3) is 0.733. The van der Waals surface area contributed by atoms with E-state index in [0.29, 0.717) is 26.2 Å². The molecule has 0 bridgehead atoms. The Morgan fingerprint density at radius 3 is 2.96 bits per heavy atom. The van der Waals surface area contributed by atoms with Crippen molar-refractivity contribution in [3.05, 3.63) is 18.2 Å². The summed E-state index contributed by atoms with van der Waals surface area (Å²) in [4.78, 5) is 17.9. The zero-order valence-corrected chi connectivity index (χ0v) is 13.2. The van der Waals surface area contributed by atoms with Crippen LogP contribution in [0, 0.1) is 0 Å². The Bertz CT molecular complexity index is 516. The van der Waals surface area contributed by atoms with Crippen molar-refractivity contribution in [3.63, 3.8) is 0 Å². The van der Waals surface area contributed by atoms with Crippen molar-refractivity contribution >= 4 is 5.91 Å². The lowest BCUT2D eigenvalue weighted by Crippen LogP contribution is -2.40. The fourth-order valence-corrected chi connectivity index (χ4v) is 2.88. The number of halogens is 3. The highest BCUT2D eigenvalue weighted by Gasteiger charge is 2.31. The van der Waals surface area contributed by atoms with Gasteiger partial charge in [0.05, 0.1) is 13.0 Å². The van der Waals surface area contributed by atoms with Gasteiger partial charge in [-0.3, -0.25) is 4.79 Å². The van der Waals surface area contributed by atoms with Gasteiger partial charge in [-0.25, -0.2) is 4.98 Å². The quantitative estimate of drug-likeness (QED) is 0.804. The molecule has 0 radical (unpaired) electrons. The lowest BCUT2D eigenvalue weighted by atomic mass is 9.96. The molecule has 1 aromatic heterocycles. The number of ether oxygens (including phenoxy) is 1. The van der Waals surface area contributed by atoms with Crippen molar-refractivity contribution in [2.24, 2.45) is 0 Å². The van der Waals surface area contributed by atoms with E-state index < -0.39 is 24.9 Å². The van der Waals surface area contributed by atoms with Crippen molar-refractivity contribution in [2.75, 3.05) is 26.8 Å². The summed E-state index contributed by atoms with van der Waals surface area (Å²) >= 11 is 0. The van der Waals surface area contributed by atoms with Crippen LogP contribution in [-0.2, 0) is 16.1 Å². The summed E-state index contributed by atoms with van der Waals surface area (Å²) in [5, 5.41) is 0. The van der Waals surface area contributed by atoms with Crippen molar-refractivity contribution in [2.45, 2.75) is 44.3 Å². The maximum absolute atomic E-state index is 12.3. The molecule has 8 heteroatoms. The highest BCUT2D eigenvalue weighted by molar-refractivity contribution is 5.76. The highest BCUT2D eigenvalue weighted by atomic mass is 19.4. The number of piperidine rings is 1. The summed E-state index contributed by atoms with van der Waals surface area (Å²) in [6.07, 6.45) is -0.605. The number of amides is 1. The number of rotatable bonds is 6. The number of alkyl halides is 3. The van der Waals surface area contributed by atoms with E-state index >= 15 is 0 Å². The van der Waals surface area contributed by atoms with Crippen LogP contribution in [0.1, 0.15) is 37.4 Å². The van der Waals surface area contributed by atoms with Gasteiger partial charge in [0.1, 0.15) is 5.82 Å². The predicted molar refractivity (Wildman–Crippen MR) is 77.9 cm³/mol. The van der Waals surface area contributed by atoms with Crippen LogP contribution in [0.25, 0.3) is 0 Å². The first kappa shape index (κ1) is 17.8. The lowest BCUT2D eigenvalue weighted by molar-refractivity contribution is -0.149. The number of nitrogens with zero attached hydrogens (tertiary/aromatic N) is 3. The van der Waals surface area contributed by atoms with E-state index in [1.165, 1.54) is 4.90 Å². The molecule has 1 aliphatic heterocycles. The molecule has 1 aliphatic rings. The average molecular weight is 333 g/mol. The second-order valence-corrected chi connectivity index (χ2v) is 5.77.